The van der Waals surface area contributed by atoms with Gasteiger partial charge in [-0.25, -0.2) is 9.97 Å². The molecule has 0 aromatic carbocycles. The molecular weight excluding hydrogens is 190 g/mol. The van der Waals surface area contributed by atoms with E-state index in [1.807, 2.05) is 20.0 Å². The summed E-state index contributed by atoms with van der Waals surface area (Å²) in [4.78, 5) is 8.67. The average Bonchev–Trinajstić information content (AvgIpc) is 2.14. The summed E-state index contributed by atoms with van der Waals surface area (Å²) in [5.74, 6) is 1.63. The van der Waals surface area contributed by atoms with Crippen LogP contribution in [-0.2, 0) is 11.3 Å². The van der Waals surface area contributed by atoms with E-state index in [1.165, 1.54) is 19.3 Å². The lowest BCUT2D eigenvalue weighted by atomic mass is 9.96. The maximum Gasteiger partial charge on any atom is 0.156 e. The van der Waals surface area contributed by atoms with Gasteiger partial charge in [-0.3, -0.25) is 0 Å². The van der Waals surface area contributed by atoms with Gasteiger partial charge in [-0.2, -0.15) is 0 Å². The van der Waals surface area contributed by atoms with Gasteiger partial charge < -0.3 is 10.1 Å². The molecule has 4 heteroatoms. The molecule has 0 saturated heterocycles. The van der Waals surface area contributed by atoms with Gasteiger partial charge in [0.2, 0.25) is 0 Å². The molecule has 0 unspecified atom stereocenters. The first-order chi connectivity index (χ1) is 7.28. The van der Waals surface area contributed by atoms with Crippen molar-refractivity contribution in [3.05, 3.63) is 17.6 Å². The fraction of sp³-hybridized carbons (Fsp3) is 0.636. The van der Waals surface area contributed by atoms with E-state index >= 15 is 0 Å². The van der Waals surface area contributed by atoms with Gasteiger partial charge in [0.05, 0.1) is 6.10 Å². The minimum Gasteiger partial charge on any atom is -0.373 e. The maximum atomic E-state index is 5.67. The lowest BCUT2D eigenvalue weighted by Gasteiger charge is -2.25. The van der Waals surface area contributed by atoms with Crippen LogP contribution in [0.15, 0.2) is 6.07 Å². The zero-order chi connectivity index (χ0) is 10.7. The molecule has 1 aliphatic rings. The van der Waals surface area contributed by atoms with Gasteiger partial charge in [0.25, 0.3) is 0 Å². The Kier molecular flexibility index (Phi) is 3.16. The second kappa shape index (κ2) is 4.57. The van der Waals surface area contributed by atoms with Gasteiger partial charge in [-0.05, 0) is 26.2 Å². The number of nitrogens with zero attached hydrogens (tertiary/aromatic N) is 2. The molecule has 1 aromatic heterocycles. The molecule has 0 amide bonds. The highest BCUT2D eigenvalue weighted by Crippen LogP contribution is 2.22. The fourth-order valence-electron chi connectivity index (χ4n) is 1.55. The topological polar surface area (TPSA) is 47.0 Å². The summed E-state index contributed by atoms with van der Waals surface area (Å²) >= 11 is 0. The van der Waals surface area contributed by atoms with Gasteiger partial charge in [0, 0.05) is 18.8 Å². The van der Waals surface area contributed by atoms with Crippen molar-refractivity contribution in [2.45, 2.75) is 38.9 Å². The normalized spacial score (nSPS) is 16.1. The monoisotopic (exact) mass is 207 g/mol. The molecule has 2 rings (SSSR count). The molecular formula is C11H17N3O. The summed E-state index contributed by atoms with van der Waals surface area (Å²) in [6.45, 7) is 2.50. The molecule has 0 spiro atoms. The molecule has 0 aliphatic heterocycles. The molecule has 4 nitrogen and oxygen atoms in total. The van der Waals surface area contributed by atoms with Crippen LogP contribution in [0.3, 0.4) is 0 Å². The number of aromatic nitrogens is 2. The summed E-state index contributed by atoms with van der Waals surface area (Å²) in [7, 11) is 1.86. The van der Waals surface area contributed by atoms with Crippen LogP contribution in [0, 0.1) is 6.92 Å². The van der Waals surface area contributed by atoms with Gasteiger partial charge in [-0.15, -0.1) is 0 Å². The van der Waals surface area contributed by atoms with E-state index in [4.69, 9.17) is 4.74 Å². The Hall–Kier alpha value is -1.16. The molecule has 1 fully saturated rings. The van der Waals surface area contributed by atoms with E-state index in [0.29, 0.717) is 12.7 Å². The van der Waals surface area contributed by atoms with Crippen molar-refractivity contribution in [2.24, 2.45) is 0 Å². The lowest BCUT2D eigenvalue weighted by molar-refractivity contribution is -0.0116. The number of anilines is 1. The quantitative estimate of drug-likeness (QED) is 0.819. The first-order valence-corrected chi connectivity index (χ1v) is 5.42. The van der Waals surface area contributed by atoms with E-state index < -0.39 is 0 Å². The molecule has 1 N–H and O–H groups in total. The number of hydrogen-bond acceptors (Lipinski definition) is 4. The Bertz CT molecular complexity index is 337. The fourth-order valence-corrected chi connectivity index (χ4v) is 1.55. The predicted octanol–water partition coefficient (Wildman–Crippen LogP) is 1.90. The van der Waals surface area contributed by atoms with Crippen LogP contribution < -0.4 is 5.32 Å². The van der Waals surface area contributed by atoms with Gasteiger partial charge in [-0.1, -0.05) is 0 Å². The summed E-state index contributed by atoms with van der Waals surface area (Å²) in [5, 5.41) is 3.02. The van der Waals surface area contributed by atoms with E-state index in [9.17, 15) is 0 Å². The van der Waals surface area contributed by atoms with Crippen LogP contribution >= 0.6 is 0 Å². The average molecular weight is 207 g/mol. The smallest absolute Gasteiger partial charge is 0.156 e. The summed E-state index contributed by atoms with van der Waals surface area (Å²) < 4.78 is 5.67. The minimum absolute atomic E-state index is 0.437. The van der Waals surface area contributed by atoms with E-state index in [0.717, 1.165) is 17.3 Å². The zero-order valence-corrected chi connectivity index (χ0v) is 9.29. The van der Waals surface area contributed by atoms with Crippen molar-refractivity contribution in [3.63, 3.8) is 0 Å². The number of aryl methyl sites for hydroxylation is 1. The van der Waals surface area contributed by atoms with Crippen LogP contribution in [0.5, 0.6) is 0 Å². The van der Waals surface area contributed by atoms with Gasteiger partial charge in [0.15, 0.2) is 5.82 Å². The van der Waals surface area contributed by atoms with Crippen molar-refractivity contribution in [1.82, 2.24) is 9.97 Å². The van der Waals surface area contributed by atoms with E-state index in [1.54, 1.807) is 0 Å². The largest absolute Gasteiger partial charge is 0.373 e. The molecule has 1 aliphatic carbocycles. The van der Waals surface area contributed by atoms with Crippen LogP contribution in [0.1, 0.15) is 30.8 Å². The first kappa shape index (κ1) is 10.4. The van der Waals surface area contributed by atoms with Crippen LogP contribution in [0.25, 0.3) is 0 Å². The molecule has 1 heterocycles. The molecule has 1 saturated carbocycles. The van der Waals surface area contributed by atoms with Crippen molar-refractivity contribution in [3.8, 4) is 0 Å². The third-order valence-electron chi connectivity index (χ3n) is 2.66. The van der Waals surface area contributed by atoms with Crippen molar-refractivity contribution in [2.75, 3.05) is 12.4 Å². The van der Waals surface area contributed by atoms with Crippen LogP contribution in [0.2, 0.25) is 0 Å². The Morgan fingerprint density at radius 1 is 1.47 bits per heavy atom. The zero-order valence-electron chi connectivity index (χ0n) is 9.29. The lowest BCUT2D eigenvalue weighted by Crippen LogP contribution is -2.21. The van der Waals surface area contributed by atoms with Crippen molar-refractivity contribution >= 4 is 5.82 Å². The number of nitrogens with one attached hydrogen (secondary N) is 1. The molecule has 1 aromatic rings. The maximum absolute atomic E-state index is 5.67. The second-order valence-electron chi connectivity index (χ2n) is 3.92. The highest BCUT2D eigenvalue weighted by molar-refractivity contribution is 5.34. The third kappa shape index (κ3) is 2.65. The standard InChI is InChI=1S/C11H17N3O/c1-8-6-10(12-2)14-11(13-8)7-15-9-4-3-5-9/h6,9H,3-5,7H2,1-2H3,(H,12,13,14). The summed E-state index contributed by atoms with van der Waals surface area (Å²) in [6, 6.07) is 1.92. The molecule has 0 radical (unpaired) electrons. The Morgan fingerprint density at radius 2 is 2.27 bits per heavy atom. The van der Waals surface area contributed by atoms with Crippen LogP contribution in [-0.4, -0.2) is 23.1 Å². The van der Waals surface area contributed by atoms with E-state index in [-0.39, 0.29) is 0 Å². The molecule has 0 atom stereocenters. The SMILES string of the molecule is CNc1cc(C)nc(COC2CCC2)n1. The minimum atomic E-state index is 0.437. The number of hydrogen-bond donors (Lipinski definition) is 1. The highest BCUT2D eigenvalue weighted by Gasteiger charge is 2.18. The van der Waals surface area contributed by atoms with Gasteiger partial charge in [0.1, 0.15) is 12.4 Å². The molecule has 0 bridgehead atoms. The highest BCUT2D eigenvalue weighted by atomic mass is 16.5. The summed E-state index contributed by atoms with van der Waals surface area (Å²) in [5.41, 5.74) is 0.974. The van der Waals surface area contributed by atoms with Crippen molar-refractivity contribution in [1.29, 1.82) is 0 Å². The summed E-state index contributed by atoms with van der Waals surface area (Å²) in [6.07, 6.45) is 4.10. The second-order valence-corrected chi connectivity index (χ2v) is 3.92. The van der Waals surface area contributed by atoms with Crippen molar-refractivity contribution < 1.29 is 4.74 Å². The number of rotatable bonds is 4. The predicted molar refractivity (Wildman–Crippen MR) is 58.7 cm³/mol. The molecule has 82 valence electrons. The third-order valence-corrected chi connectivity index (χ3v) is 2.66. The van der Waals surface area contributed by atoms with Crippen LogP contribution in [0.4, 0.5) is 5.82 Å². The Morgan fingerprint density at radius 3 is 2.87 bits per heavy atom. The van der Waals surface area contributed by atoms with E-state index in [2.05, 4.69) is 15.3 Å². The Labute approximate surface area is 90.1 Å². The molecule has 15 heavy (non-hydrogen) atoms. The number of ether oxygens (including phenoxy) is 1. The Balaban J connectivity index is 1.96. The first-order valence-electron chi connectivity index (χ1n) is 5.42. The van der Waals surface area contributed by atoms with Gasteiger partial charge >= 0.3 is 0 Å².